The Kier molecular flexibility index (Phi) is 7.21. The third-order valence-corrected chi connectivity index (χ3v) is 3.68. The second-order valence-electron chi connectivity index (χ2n) is 4.53. The molecule has 0 bridgehead atoms. The Labute approximate surface area is 124 Å². The minimum atomic E-state index is -0.102. The SMILES string of the molecule is CCCCCCCC(=O)N(N)c1ccc(Cl)c(Cl)c1. The summed E-state index contributed by atoms with van der Waals surface area (Å²) in [6.45, 7) is 2.16. The van der Waals surface area contributed by atoms with Crippen LogP contribution in [-0.4, -0.2) is 5.91 Å². The highest BCUT2D eigenvalue weighted by Crippen LogP contribution is 2.26. The zero-order valence-corrected chi connectivity index (χ0v) is 12.7. The Morgan fingerprint density at radius 2 is 1.84 bits per heavy atom. The first-order valence-corrected chi connectivity index (χ1v) is 7.34. The number of carbonyl (C=O) groups is 1. The van der Waals surface area contributed by atoms with E-state index in [9.17, 15) is 4.79 Å². The minimum Gasteiger partial charge on any atom is -0.273 e. The number of amides is 1. The van der Waals surface area contributed by atoms with Crippen LogP contribution in [0.5, 0.6) is 0 Å². The van der Waals surface area contributed by atoms with Gasteiger partial charge in [-0.3, -0.25) is 4.79 Å². The molecule has 19 heavy (non-hydrogen) atoms. The van der Waals surface area contributed by atoms with Crippen molar-refractivity contribution in [3.8, 4) is 0 Å². The Hall–Kier alpha value is -0.770. The first-order valence-electron chi connectivity index (χ1n) is 6.59. The fourth-order valence-corrected chi connectivity index (χ4v) is 2.07. The van der Waals surface area contributed by atoms with Crippen molar-refractivity contribution in [1.29, 1.82) is 0 Å². The average Bonchev–Trinajstić information content (AvgIpc) is 2.40. The standard InChI is InChI=1S/C14H20Cl2N2O/c1-2-3-4-5-6-7-14(19)18(17)11-8-9-12(15)13(16)10-11/h8-10H,2-7,17H2,1H3. The number of hydrogen-bond donors (Lipinski definition) is 1. The van der Waals surface area contributed by atoms with Gasteiger partial charge in [0.2, 0.25) is 5.91 Å². The summed E-state index contributed by atoms with van der Waals surface area (Å²) in [7, 11) is 0. The predicted molar refractivity (Wildman–Crippen MR) is 81.5 cm³/mol. The Balaban J connectivity index is 2.45. The molecule has 0 saturated heterocycles. The van der Waals surface area contributed by atoms with Crippen LogP contribution in [0.15, 0.2) is 18.2 Å². The summed E-state index contributed by atoms with van der Waals surface area (Å²) in [5.74, 6) is 5.68. The highest BCUT2D eigenvalue weighted by atomic mass is 35.5. The molecule has 1 aromatic carbocycles. The maximum Gasteiger partial charge on any atom is 0.241 e. The molecule has 1 rings (SSSR count). The van der Waals surface area contributed by atoms with Gasteiger partial charge in [-0.05, 0) is 24.6 Å². The highest BCUT2D eigenvalue weighted by Gasteiger charge is 2.12. The molecule has 0 heterocycles. The topological polar surface area (TPSA) is 46.3 Å². The molecule has 3 nitrogen and oxygen atoms in total. The number of halogens is 2. The number of unbranched alkanes of at least 4 members (excludes halogenated alkanes) is 4. The zero-order valence-electron chi connectivity index (χ0n) is 11.2. The molecule has 0 saturated carbocycles. The number of hydrogen-bond acceptors (Lipinski definition) is 2. The summed E-state index contributed by atoms with van der Waals surface area (Å²) in [6.07, 6.45) is 5.97. The van der Waals surface area contributed by atoms with Crippen LogP contribution in [0.1, 0.15) is 45.4 Å². The van der Waals surface area contributed by atoms with Gasteiger partial charge in [0, 0.05) is 6.42 Å². The van der Waals surface area contributed by atoms with Crippen LogP contribution in [-0.2, 0) is 4.79 Å². The van der Waals surface area contributed by atoms with E-state index in [0.29, 0.717) is 22.2 Å². The molecule has 0 fully saturated rings. The molecule has 5 heteroatoms. The van der Waals surface area contributed by atoms with E-state index in [4.69, 9.17) is 29.0 Å². The molecule has 0 aliphatic carbocycles. The van der Waals surface area contributed by atoms with Crippen LogP contribution in [0.4, 0.5) is 5.69 Å². The largest absolute Gasteiger partial charge is 0.273 e. The molecule has 0 aliphatic rings. The van der Waals surface area contributed by atoms with Crippen molar-refractivity contribution in [3.05, 3.63) is 28.2 Å². The van der Waals surface area contributed by atoms with Crippen molar-refractivity contribution in [2.45, 2.75) is 45.4 Å². The highest BCUT2D eigenvalue weighted by molar-refractivity contribution is 6.42. The molecule has 1 amide bonds. The van der Waals surface area contributed by atoms with Gasteiger partial charge < -0.3 is 0 Å². The third kappa shape index (κ3) is 5.39. The molecule has 1 aromatic rings. The summed E-state index contributed by atoms with van der Waals surface area (Å²) >= 11 is 11.7. The minimum absolute atomic E-state index is 0.102. The molecule has 0 spiro atoms. The molecular weight excluding hydrogens is 283 g/mol. The second kappa shape index (κ2) is 8.41. The van der Waals surface area contributed by atoms with Crippen molar-refractivity contribution in [2.24, 2.45) is 5.84 Å². The molecule has 0 aromatic heterocycles. The Bertz CT molecular complexity index is 424. The summed E-state index contributed by atoms with van der Waals surface area (Å²) in [5, 5.41) is 1.98. The van der Waals surface area contributed by atoms with Gasteiger partial charge in [0.1, 0.15) is 0 Å². The molecule has 0 aliphatic heterocycles. The second-order valence-corrected chi connectivity index (χ2v) is 5.34. The van der Waals surface area contributed by atoms with Crippen LogP contribution < -0.4 is 10.9 Å². The maximum absolute atomic E-state index is 11.9. The number of nitrogens with two attached hydrogens (primary N) is 1. The molecule has 0 unspecified atom stereocenters. The van der Waals surface area contributed by atoms with Crippen molar-refractivity contribution < 1.29 is 4.79 Å². The van der Waals surface area contributed by atoms with Crippen molar-refractivity contribution in [1.82, 2.24) is 0 Å². The van der Waals surface area contributed by atoms with Gasteiger partial charge in [-0.1, -0.05) is 55.8 Å². The predicted octanol–water partition coefficient (Wildman–Crippen LogP) is 4.56. The van der Waals surface area contributed by atoms with Gasteiger partial charge >= 0.3 is 0 Å². The summed E-state index contributed by atoms with van der Waals surface area (Å²) in [5.41, 5.74) is 0.563. The van der Waals surface area contributed by atoms with E-state index in [-0.39, 0.29) is 5.91 Å². The van der Waals surface area contributed by atoms with Gasteiger partial charge in [0.25, 0.3) is 0 Å². The molecule has 0 radical (unpaired) electrons. The van der Waals surface area contributed by atoms with Crippen molar-refractivity contribution in [2.75, 3.05) is 5.01 Å². The first-order chi connectivity index (χ1) is 9.06. The number of benzene rings is 1. The average molecular weight is 303 g/mol. The lowest BCUT2D eigenvalue weighted by molar-refractivity contribution is -0.118. The summed E-state index contributed by atoms with van der Waals surface area (Å²) in [4.78, 5) is 11.9. The smallest absolute Gasteiger partial charge is 0.241 e. The summed E-state index contributed by atoms with van der Waals surface area (Å²) in [6, 6.07) is 4.91. The molecule has 2 N–H and O–H groups in total. The van der Waals surface area contributed by atoms with Crippen LogP contribution in [0.25, 0.3) is 0 Å². The van der Waals surface area contributed by atoms with Gasteiger partial charge in [-0.25, -0.2) is 10.9 Å². The van der Waals surface area contributed by atoms with E-state index < -0.39 is 0 Å². The monoisotopic (exact) mass is 302 g/mol. The Morgan fingerprint density at radius 1 is 1.16 bits per heavy atom. The number of carbonyl (C=O) groups excluding carboxylic acids is 1. The molecule has 0 atom stereocenters. The van der Waals surface area contributed by atoms with Crippen LogP contribution in [0.2, 0.25) is 10.0 Å². The first kappa shape index (κ1) is 16.3. The number of anilines is 1. The number of nitrogens with zero attached hydrogens (tertiary/aromatic N) is 1. The van der Waals surface area contributed by atoms with Gasteiger partial charge in [-0.15, -0.1) is 0 Å². The zero-order chi connectivity index (χ0) is 14.3. The number of rotatable bonds is 7. The van der Waals surface area contributed by atoms with E-state index in [1.54, 1.807) is 18.2 Å². The van der Waals surface area contributed by atoms with Crippen LogP contribution in [0.3, 0.4) is 0 Å². The third-order valence-electron chi connectivity index (χ3n) is 2.94. The normalized spacial score (nSPS) is 10.5. The Morgan fingerprint density at radius 3 is 2.47 bits per heavy atom. The lowest BCUT2D eigenvalue weighted by Crippen LogP contribution is -2.37. The lowest BCUT2D eigenvalue weighted by Gasteiger charge is -2.17. The van der Waals surface area contributed by atoms with E-state index in [2.05, 4.69) is 6.92 Å². The van der Waals surface area contributed by atoms with Crippen LogP contribution in [0, 0.1) is 0 Å². The quantitative estimate of drug-likeness (QED) is 0.347. The van der Waals surface area contributed by atoms with Crippen molar-refractivity contribution >= 4 is 34.8 Å². The maximum atomic E-state index is 11.9. The van der Waals surface area contributed by atoms with E-state index in [1.165, 1.54) is 19.3 Å². The fraction of sp³-hybridized carbons (Fsp3) is 0.500. The van der Waals surface area contributed by atoms with Crippen LogP contribution >= 0.6 is 23.2 Å². The lowest BCUT2D eigenvalue weighted by atomic mass is 10.1. The van der Waals surface area contributed by atoms with Gasteiger partial charge in [0.05, 0.1) is 15.7 Å². The van der Waals surface area contributed by atoms with Crippen molar-refractivity contribution in [3.63, 3.8) is 0 Å². The van der Waals surface area contributed by atoms with E-state index in [1.807, 2.05) is 0 Å². The van der Waals surface area contributed by atoms with Gasteiger partial charge in [0.15, 0.2) is 0 Å². The number of hydrazine groups is 1. The van der Waals surface area contributed by atoms with E-state index in [0.717, 1.165) is 17.9 Å². The van der Waals surface area contributed by atoms with E-state index >= 15 is 0 Å². The molecule has 106 valence electrons. The fourth-order valence-electron chi connectivity index (χ4n) is 1.78. The summed E-state index contributed by atoms with van der Waals surface area (Å²) < 4.78 is 0. The van der Waals surface area contributed by atoms with Gasteiger partial charge in [-0.2, -0.15) is 0 Å². The molecular formula is C14H20Cl2N2O.